The van der Waals surface area contributed by atoms with E-state index in [2.05, 4.69) is 27.9 Å². The summed E-state index contributed by atoms with van der Waals surface area (Å²) in [5, 5.41) is 3.02. The van der Waals surface area contributed by atoms with Crippen LogP contribution in [0.5, 0.6) is 0 Å². The number of amides is 1. The highest BCUT2D eigenvalue weighted by molar-refractivity contribution is 5.76. The largest absolute Gasteiger partial charge is 0.354 e. The number of carbonyl (C=O) groups is 1. The van der Waals surface area contributed by atoms with E-state index in [0.29, 0.717) is 13.0 Å². The number of carbonyl (C=O) groups excluding carboxylic acids is 1. The fourth-order valence-corrected chi connectivity index (χ4v) is 2.76. The lowest BCUT2D eigenvalue weighted by molar-refractivity contribution is -0.121. The molecule has 0 radical (unpaired) electrons. The third-order valence-electron chi connectivity index (χ3n) is 4.01. The molecule has 0 spiro atoms. The second kappa shape index (κ2) is 8.57. The highest BCUT2D eigenvalue weighted by Gasteiger charge is 2.07. The zero-order valence-electron chi connectivity index (χ0n) is 13.8. The number of unbranched alkanes of at least 4 members (excludes halogenated alkanes) is 4. The summed E-state index contributed by atoms with van der Waals surface area (Å²) in [7, 11) is 0. The van der Waals surface area contributed by atoms with Crippen LogP contribution in [-0.4, -0.2) is 22.0 Å². The molecule has 0 aliphatic carbocycles. The highest BCUT2D eigenvalue weighted by atomic mass is 16.1. The van der Waals surface area contributed by atoms with Gasteiger partial charge in [0.2, 0.25) is 5.91 Å². The summed E-state index contributed by atoms with van der Waals surface area (Å²) < 4.78 is 2.16. The van der Waals surface area contributed by atoms with Gasteiger partial charge in [0, 0.05) is 19.5 Å². The first kappa shape index (κ1) is 16.5. The van der Waals surface area contributed by atoms with Crippen molar-refractivity contribution >= 4 is 16.9 Å². The number of hydrogen-bond donors (Lipinski definition) is 1. The molecule has 1 heterocycles. The lowest BCUT2D eigenvalue weighted by atomic mass is 10.1. The van der Waals surface area contributed by atoms with Gasteiger partial charge < -0.3 is 9.88 Å². The Morgan fingerprint density at radius 3 is 2.77 bits per heavy atom. The van der Waals surface area contributed by atoms with Crippen LogP contribution >= 0.6 is 0 Å². The minimum atomic E-state index is 0.165. The lowest BCUT2D eigenvalue weighted by Gasteiger charge is -2.08. The summed E-state index contributed by atoms with van der Waals surface area (Å²) >= 11 is 0. The molecule has 4 nitrogen and oxygen atoms in total. The summed E-state index contributed by atoms with van der Waals surface area (Å²) in [5.41, 5.74) is 2.15. The van der Waals surface area contributed by atoms with E-state index in [1.165, 1.54) is 19.3 Å². The molecule has 0 unspecified atom stereocenters. The number of benzene rings is 1. The van der Waals surface area contributed by atoms with Crippen molar-refractivity contribution in [2.24, 2.45) is 0 Å². The molecule has 0 aliphatic rings. The van der Waals surface area contributed by atoms with Crippen LogP contribution in [0.25, 0.3) is 11.0 Å². The molecule has 0 atom stereocenters. The van der Waals surface area contributed by atoms with E-state index in [9.17, 15) is 4.79 Å². The van der Waals surface area contributed by atoms with Crippen molar-refractivity contribution in [3.05, 3.63) is 30.1 Å². The van der Waals surface area contributed by atoms with Gasteiger partial charge in [-0.05, 0) is 25.5 Å². The maximum atomic E-state index is 11.8. The van der Waals surface area contributed by atoms with Crippen molar-refractivity contribution in [2.75, 3.05) is 6.54 Å². The zero-order valence-corrected chi connectivity index (χ0v) is 13.8. The fraction of sp³-hybridized carbons (Fsp3) is 0.556. The predicted octanol–water partition coefficient (Wildman–Crippen LogP) is 3.82. The van der Waals surface area contributed by atoms with Gasteiger partial charge in [-0.15, -0.1) is 0 Å². The second-order valence-corrected chi connectivity index (χ2v) is 5.81. The number of nitrogens with one attached hydrogen (secondary N) is 1. The molecule has 2 rings (SSSR count). The number of imidazole rings is 1. The van der Waals surface area contributed by atoms with Gasteiger partial charge in [-0.3, -0.25) is 4.79 Å². The average Bonchev–Trinajstić information content (AvgIpc) is 2.83. The summed E-state index contributed by atoms with van der Waals surface area (Å²) in [4.78, 5) is 16.4. The summed E-state index contributed by atoms with van der Waals surface area (Å²) in [6.07, 6.45) is 6.56. The van der Waals surface area contributed by atoms with E-state index >= 15 is 0 Å². The number of rotatable bonds is 9. The van der Waals surface area contributed by atoms with Gasteiger partial charge >= 0.3 is 0 Å². The standard InChI is InChI=1S/C18H27N3O/c1-3-4-5-6-7-12-18(22)19-13-14-21-15(2)20-16-10-8-9-11-17(16)21/h8-11H,3-7,12-14H2,1-2H3,(H,19,22). The minimum absolute atomic E-state index is 0.165. The third-order valence-corrected chi connectivity index (χ3v) is 4.01. The fourth-order valence-electron chi connectivity index (χ4n) is 2.76. The second-order valence-electron chi connectivity index (χ2n) is 5.81. The Labute approximate surface area is 132 Å². The van der Waals surface area contributed by atoms with Crippen LogP contribution in [0.4, 0.5) is 0 Å². The van der Waals surface area contributed by atoms with Crippen molar-refractivity contribution in [3.8, 4) is 0 Å². The average molecular weight is 301 g/mol. The monoisotopic (exact) mass is 301 g/mol. The Morgan fingerprint density at radius 1 is 1.18 bits per heavy atom. The van der Waals surface area contributed by atoms with E-state index in [0.717, 1.165) is 36.2 Å². The van der Waals surface area contributed by atoms with Gasteiger partial charge in [0.15, 0.2) is 0 Å². The molecule has 2 aromatic rings. The predicted molar refractivity (Wildman–Crippen MR) is 90.9 cm³/mol. The molecule has 0 saturated carbocycles. The summed E-state index contributed by atoms with van der Waals surface area (Å²) in [5.74, 6) is 1.16. The van der Waals surface area contributed by atoms with Crippen molar-refractivity contribution in [1.29, 1.82) is 0 Å². The summed E-state index contributed by atoms with van der Waals surface area (Å²) in [6.45, 7) is 5.65. The molecule has 1 aromatic carbocycles. The molecule has 0 saturated heterocycles. The first-order valence-electron chi connectivity index (χ1n) is 8.41. The van der Waals surface area contributed by atoms with Crippen LogP contribution in [0, 0.1) is 6.92 Å². The number of para-hydroxylation sites is 2. The van der Waals surface area contributed by atoms with Gasteiger partial charge in [-0.25, -0.2) is 4.98 Å². The highest BCUT2D eigenvalue weighted by Crippen LogP contribution is 2.14. The topological polar surface area (TPSA) is 46.9 Å². The van der Waals surface area contributed by atoms with Crippen LogP contribution < -0.4 is 5.32 Å². The van der Waals surface area contributed by atoms with E-state index < -0.39 is 0 Å². The molecular weight excluding hydrogens is 274 g/mol. The van der Waals surface area contributed by atoms with Crippen molar-refractivity contribution in [2.45, 2.75) is 58.9 Å². The Kier molecular flexibility index (Phi) is 6.44. The summed E-state index contributed by atoms with van der Waals surface area (Å²) in [6, 6.07) is 8.12. The van der Waals surface area contributed by atoms with Gasteiger partial charge in [-0.1, -0.05) is 44.7 Å². The van der Waals surface area contributed by atoms with Crippen LogP contribution in [0.15, 0.2) is 24.3 Å². The molecule has 0 fully saturated rings. The van der Waals surface area contributed by atoms with Gasteiger partial charge in [0.1, 0.15) is 5.82 Å². The van der Waals surface area contributed by atoms with Crippen LogP contribution in [0.2, 0.25) is 0 Å². The van der Waals surface area contributed by atoms with Crippen LogP contribution in [-0.2, 0) is 11.3 Å². The third kappa shape index (κ3) is 4.58. The van der Waals surface area contributed by atoms with E-state index in [4.69, 9.17) is 0 Å². The van der Waals surface area contributed by atoms with Crippen LogP contribution in [0.1, 0.15) is 51.3 Å². The molecule has 0 bridgehead atoms. The normalized spacial score (nSPS) is 11.0. The zero-order chi connectivity index (χ0) is 15.8. The molecule has 4 heteroatoms. The molecule has 0 aliphatic heterocycles. The molecule has 1 amide bonds. The Hall–Kier alpha value is -1.84. The van der Waals surface area contributed by atoms with E-state index in [1.807, 2.05) is 25.1 Å². The maximum absolute atomic E-state index is 11.8. The SMILES string of the molecule is CCCCCCCC(=O)NCCn1c(C)nc2ccccc21. The quantitative estimate of drug-likeness (QED) is 0.716. The smallest absolute Gasteiger partial charge is 0.220 e. The van der Waals surface area contributed by atoms with Gasteiger partial charge in [0.05, 0.1) is 11.0 Å². The molecule has 1 aromatic heterocycles. The number of fused-ring (bicyclic) bond motifs is 1. The lowest BCUT2D eigenvalue weighted by Crippen LogP contribution is -2.27. The maximum Gasteiger partial charge on any atom is 0.220 e. The Balaban J connectivity index is 1.73. The molecular formula is C18H27N3O. The van der Waals surface area contributed by atoms with Gasteiger partial charge in [-0.2, -0.15) is 0 Å². The van der Waals surface area contributed by atoms with Crippen molar-refractivity contribution in [1.82, 2.24) is 14.9 Å². The Bertz CT molecular complexity index is 603. The number of aromatic nitrogens is 2. The number of hydrogen-bond acceptors (Lipinski definition) is 2. The van der Waals surface area contributed by atoms with E-state index in [1.54, 1.807) is 0 Å². The minimum Gasteiger partial charge on any atom is -0.354 e. The Morgan fingerprint density at radius 2 is 1.95 bits per heavy atom. The molecule has 1 N–H and O–H groups in total. The molecule has 22 heavy (non-hydrogen) atoms. The number of nitrogens with zero attached hydrogens (tertiary/aromatic N) is 2. The van der Waals surface area contributed by atoms with Gasteiger partial charge in [0.25, 0.3) is 0 Å². The number of aryl methyl sites for hydroxylation is 1. The van der Waals surface area contributed by atoms with Crippen LogP contribution in [0.3, 0.4) is 0 Å². The molecule has 120 valence electrons. The first-order chi connectivity index (χ1) is 10.7. The van der Waals surface area contributed by atoms with Crippen molar-refractivity contribution in [3.63, 3.8) is 0 Å². The van der Waals surface area contributed by atoms with E-state index in [-0.39, 0.29) is 5.91 Å². The van der Waals surface area contributed by atoms with Crippen molar-refractivity contribution < 1.29 is 4.79 Å². The first-order valence-corrected chi connectivity index (χ1v) is 8.41.